The number of sulfonamides is 1. The lowest BCUT2D eigenvalue weighted by molar-refractivity contribution is 0.0949. The average molecular weight is 442 g/mol. The third kappa shape index (κ3) is 5.68. The highest BCUT2D eigenvalue weighted by Crippen LogP contribution is 2.26. The molecule has 9 heteroatoms. The fourth-order valence-electron chi connectivity index (χ4n) is 2.75. The van der Waals surface area contributed by atoms with Crippen molar-refractivity contribution in [1.29, 1.82) is 0 Å². The molecule has 29 heavy (non-hydrogen) atoms. The minimum absolute atomic E-state index is 0.0809. The molecule has 0 aliphatic heterocycles. The molecule has 0 unspecified atom stereocenters. The van der Waals surface area contributed by atoms with Crippen LogP contribution in [0.1, 0.15) is 24.2 Å². The zero-order valence-electron chi connectivity index (χ0n) is 16.7. The van der Waals surface area contributed by atoms with Gasteiger partial charge in [-0.2, -0.15) is 0 Å². The lowest BCUT2D eigenvalue weighted by Crippen LogP contribution is -2.35. The van der Waals surface area contributed by atoms with E-state index in [2.05, 4.69) is 10.2 Å². The molecule has 6 nitrogen and oxygen atoms in total. The average Bonchev–Trinajstić information content (AvgIpc) is 2.71. The molecule has 0 aliphatic carbocycles. The van der Waals surface area contributed by atoms with E-state index in [1.165, 1.54) is 49.5 Å². The van der Waals surface area contributed by atoms with Crippen molar-refractivity contribution in [2.75, 3.05) is 37.5 Å². The number of nitrogens with zero attached hydrogens (tertiary/aromatic N) is 2. The molecule has 0 radical (unpaired) electrons. The molecule has 0 aliphatic rings. The van der Waals surface area contributed by atoms with E-state index >= 15 is 0 Å². The summed E-state index contributed by atoms with van der Waals surface area (Å²) >= 11 is 6.13. The van der Waals surface area contributed by atoms with Gasteiger partial charge in [0.25, 0.3) is 15.9 Å². The minimum atomic E-state index is -3.96. The molecule has 0 heterocycles. The lowest BCUT2D eigenvalue weighted by Gasteiger charge is -2.20. The maximum atomic E-state index is 13.1. The Morgan fingerprint density at radius 3 is 2.31 bits per heavy atom. The zero-order valence-corrected chi connectivity index (χ0v) is 18.2. The molecular weight excluding hydrogens is 417 g/mol. The fourth-order valence-corrected chi connectivity index (χ4v) is 4.18. The Labute approximate surface area is 176 Å². The molecule has 2 aromatic rings. The Morgan fingerprint density at radius 2 is 1.72 bits per heavy atom. The van der Waals surface area contributed by atoms with Gasteiger partial charge in [0.15, 0.2) is 0 Å². The Balaban J connectivity index is 2.22. The van der Waals surface area contributed by atoms with Crippen LogP contribution in [0, 0.1) is 5.82 Å². The van der Waals surface area contributed by atoms with Crippen LogP contribution < -0.4 is 9.62 Å². The molecule has 0 aromatic heterocycles. The summed E-state index contributed by atoms with van der Waals surface area (Å²) in [7, 11) is -2.59. The number of rotatable bonds is 9. The SMILES string of the molecule is CCN(CC)CCNC(=O)c1cc(S(=O)(=O)N(C)c2ccc(F)cc2)ccc1Cl. The molecule has 0 bridgehead atoms. The summed E-state index contributed by atoms with van der Waals surface area (Å²) < 4.78 is 40.0. The van der Waals surface area contributed by atoms with Crippen LogP contribution in [-0.4, -0.2) is 52.5 Å². The van der Waals surface area contributed by atoms with Crippen molar-refractivity contribution in [2.45, 2.75) is 18.7 Å². The van der Waals surface area contributed by atoms with Crippen molar-refractivity contribution < 1.29 is 17.6 Å². The number of nitrogens with one attached hydrogen (secondary N) is 1. The first-order chi connectivity index (χ1) is 13.7. The maximum absolute atomic E-state index is 13.1. The van der Waals surface area contributed by atoms with Gasteiger partial charge in [0.05, 0.1) is 21.2 Å². The number of hydrogen-bond acceptors (Lipinski definition) is 4. The molecule has 0 saturated heterocycles. The van der Waals surface area contributed by atoms with E-state index in [1.807, 2.05) is 13.8 Å². The number of carbonyl (C=O) groups is 1. The summed E-state index contributed by atoms with van der Waals surface area (Å²) in [5.41, 5.74) is 0.381. The third-order valence-electron chi connectivity index (χ3n) is 4.64. The van der Waals surface area contributed by atoms with Gasteiger partial charge in [0.1, 0.15) is 5.82 Å². The second-order valence-electron chi connectivity index (χ2n) is 6.37. The van der Waals surface area contributed by atoms with Crippen LogP contribution in [0.15, 0.2) is 47.4 Å². The normalized spacial score (nSPS) is 11.5. The molecule has 1 amide bonds. The van der Waals surface area contributed by atoms with E-state index in [9.17, 15) is 17.6 Å². The quantitative estimate of drug-likeness (QED) is 0.647. The number of anilines is 1. The van der Waals surface area contributed by atoms with Crippen LogP contribution in [0.25, 0.3) is 0 Å². The minimum Gasteiger partial charge on any atom is -0.351 e. The van der Waals surface area contributed by atoms with Crippen molar-refractivity contribution in [3.8, 4) is 0 Å². The zero-order chi connectivity index (χ0) is 21.6. The van der Waals surface area contributed by atoms with E-state index in [0.717, 1.165) is 17.4 Å². The first-order valence-electron chi connectivity index (χ1n) is 9.25. The fraction of sp³-hybridized carbons (Fsp3) is 0.350. The van der Waals surface area contributed by atoms with E-state index in [4.69, 9.17) is 11.6 Å². The Bertz CT molecular complexity index is 948. The monoisotopic (exact) mass is 441 g/mol. The van der Waals surface area contributed by atoms with Gasteiger partial charge in [0.2, 0.25) is 0 Å². The van der Waals surface area contributed by atoms with Crippen LogP contribution in [0.5, 0.6) is 0 Å². The number of halogens is 2. The van der Waals surface area contributed by atoms with Crippen molar-refractivity contribution in [1.82, 2.24) is 10.2 Å². The first kappa shape index (κ1) is 23.1. The molecule has 0 spiro atoms. The van der Waals surface area contributed by atoms with Gasteiger partial charge in [0, 0.05) is 20.1 Å². The van der Waals surface area contributed by atoms with Gasteiger partial charge in [-0.25, -0.2) is 12.8 Å². The van der Waals surface area contributed by atoms with Crippen molar-refractivity contribution in [3.63, 3.8) is 0 Å². The van der Waals surface area contributed by atoms with Crippen LogP contribution in [-0.2, 0) is 10.0 Å². The van der Waals surface area contributed by atoms with Crippen LogP contribution in [0.2, 0.25) is 5.02 Å². The van der Waals surface area contributed by atoms with Crippen molar-refractivity contribution in [3.05, 3.63) is 58.9 Å². The summed E-state index contributed by atoms with van der Waals surface area (Å²) in [5, 5.41) is 2.93. The second kappa shape index (κ2) is 10.0. The van der Waals surface area contributed by atoms with Gasteiger partial charge in [-0.3, -0.25) is 9.10 Å². The summed E-state index contributed by atoms with van der Waals surface area (Å²) in [6.45, 7) is 6.92. The van der Waals surface area contributed by atoms with E-state index in [-0.39, 0.29) is 15.5 Å². The number of likely N-dealkylation sites (N-methyl/N-ethyl adjacent to an activating group) is 1. The molecular formula is C20H25ClFN3O3S. The van der Waals surface area contributed by atoms with E-state index < -0.39 is 21.7 Å². The van der Waals surface area contributed by atoms with Gasteiger partial charge in [-0.15, -0.1) is 0 Å². The third-order valence-corrected chi connectivity index (χ3v) is 6.75. The molecule has 1 N–H and O–H groups in total. The Morgan fingerprint density at radius 1 is 1.10 bits per heavy atom. The highest BCUT2D eigenvalue weighted by molar-refractivity contribution is 7.92. The molecule has 2 aromatic carbocycles. The number of carbonyl (C=O) groups excluding carboxylic acids is 1. The summed E-state index contributed by atoms with van der Waals surface area (Å²) in [5.74, 6) is -0.904. The van der Waals surface area contributed by atoms with E-state index in [0.29, 0.717) is 18.8 Å². The first-order valence-corrected chi connectivity index (χ1v) is 11.1. The standard InChI is InChI=1S/C20H25ClFN3O3S/c1-4-25(5-2)13-12-23-20(26)18-14-17(10-11-19(18)21)29(27,28)24(3)16-8-6-15(22)7-9-16/h6-11,14H,4-5,12-13H2,1-3H3,(H,23,26). The summed E-state index contributed by atoms with van der Waals surface area (Å²) in [4.78, 5) is 14.6. The van der Waals surface area contributed by atoms with Gasteiger partial charge < -0.3 is 10.2 Å². The van der Waals surface area contributed by atoms with Gasteiger partial charge in [-0.1, -0.05) is 25.4 Å². The largest absolute Gasteiger partial charge is 0.351 e. The number of amides is 1. The van der Waals surface area contributed by atoms with Gasteiger partial charge >= 0.3 is 0 Å². The second-order valence-corrected chi connectivity index (χ2v) is 8.75. The summed E-state index contributed by atoms with van der Waals surface area (Å²) in [6.07, 6.45) is 0. The van der Waals surface area contributed by atoms with Crippen molar-refractivity contribution in [2.24, 2.45) is 0 Å². The smallest absolute Gasteiger partial charge is 0.264 e. The molecule has 0 saturated carbocycles. The van der Waals surface area contributed by atoms with Crippen LogP contribution in [0.3, 0.4) is 0 Å². The highest BCUT2D eigenvalue weighted by atomic mass is 35.5. The van der Waals surface area contributed by atoms with Crippen LogP contribution in [0.4, 0.5) is 10.1 Å². The highest BCUT2D eigenvalue weighted by Gasteiger charge is 2.24. The predicted octanol–water partition coefficient (Wildman–Crippen LogP) is 3.38. The van der Waals surface area contributed by atoms with Gasteiger partial charge in [-0.05, 0) is 55.6 Å². The maximum Gasteiger partial charge on any atom is 0.264 e. The van der Waals surface area contributed by atoms with E-state index in [1.54, 1.807) is 0 Å². The molecule has 158 valence electrons. The Hall–Kier alpha value is -2.16. The van der Waals surface area contributed by atoms with Crippen LogP contribution >= 0.6 is 11.6 Å². The summed E-state index contributed by atoms with van der Waals surface area (Å²) in [6, 6.07) is 9.06. The van der Waals surface area contributed by atoms with Crippen molar-refractivity contribution >= 4 is 33.2 Å². The molecule has 2 rings (SSSR count). The predicted molar refractivity (Wildman–Crippen MR) is 114 cm³/mol. The topological polar surface area (TPSA) is 69.7 Å². The number of hydrogen-bond donors (Lipinski definition) is 1. The molecule has 0 atom stereocenters. The number of benzene rings is 2. The molecule has 0 fully saturated rings. The lowest BCUT2D eigenvalue weighted by atomic mass is 10.2. The Kier molecular flexibility index (Phi) is 8.01.